The van der Waals surface area contributed by atoms with Gasteiger partial charge in [0.15, 0.2) is 0 Å². The smallest absolute Gasteiger partial charge is 0.323 e. The molecule has 96 valence electrons. The summed E-state index contributed by atoms with van der Waals surface area (Å²) in [6.45, 7) is 1.93. The lowest BCUT2D eigenvalue weighted by Crippen LogP contribution is -2.47. The molecule has 0 aliphatic rings. The zero-order valence-electron chi connectivity index (χ0n) is 10.1. The lowest BCUT2D eigenvalue weighted by molar-refractivity contribution is -0.137. The number of ether oxygens (including phenoxy) is 1. The van der Waals surface area contributed by atoms with Gasteiger partial charge in [-0.3, -0.25) is 4.79 Å². The number of nitrogens with zero attached hydrogens (tertiary/aromatic N) is 1. The van der Waals surface area contributed by atoms with Crippen LogP contribution < -0.4 is 5.32 Å². The number of amides is 2. The minimum absolute atomic E-state index is 0.204. The minimum Gasteiger partial charge on any atom is -0.480 e. The second kappa shape index (κ2) is 8.42. The van der Waals surface area contributed by atoms with Crippen LogP contribution in [0.5, 0.6) is 0 Å². The van der Waals surface area contributed by atoms with Crippen LogP contribution in [-0.2, 0) is 9.53 Å². The van der Waals surface area contributed by atoms with Crippen LogP contribution in [0.15, 0.2) is 0 Å². The fourth-order valence-electron chi connectivity index (χ4n) is 1.12. The van der Waals surface area contributed by atoms with Crippen molar-refractivity contribution >= 4 is 12.0 Å². The Balaban J connectivity index is 4.40. The summed E-state index contributed by atoms with van der Waals surface area (Å²) in [4.78, 5) is 23.5. The Morgan fingerprint density at radius 1 is 1.59 bits per heavy atom. The molecule has 1 unspecified atom stereocenters. The van der Waals surface area contributed by atoms with Crippen LogP contribution in [0.2, 0.25) is 0 Å². The lowest BCUT2D eigenvalue weighted by atomic mass is 10.2. The number of methoxy groups -OCH3 is 1. The van der Waals surface area contributed by atoms with Crippen molar-refractivity contribution in [1.29, 1.82) is 0 Å². The van der Waals surface area contributed by atoms with E-state index >= 15 is 0 Å². The number of carboxylic acid groups (broad SMARTS) is 1. The average molecular weight is 242 g/mol. The molecule has 0 aromatic heterocycles. The molecule has 2 N–H and O–H groups in total. The number of hydrogen-bond donors (Lipinski definition) is 2. The van der Waals surface area contributed by atoms with E-state index in [9.17, 15) is 9.59 Å². The van der Waals surface area contributed by atoms with Crippen LogP contribution in [0.1, 0.15) is 13.3 Å². The molecule has 0 aromatic rings. The summed E-state index contributed by atoms with van der Waals surface area (Å²) in [5.41, 5.74) is 0. The van der Waals surface area contributed by atoms with E-state index in [2.05, 4.69) is 11.2 Å². The average Bonchev–Trinajstić information content (AvgIpc) is 2.30. The molecule has 0 rings (SSSR count). The predicted octanol–water partition coefficient (Wildman–Crippen LogP) is 0.141. The zero-order valence-corrected chi connectivity index (χ0v) is 10.1. The molecule has 0 aliphatic carbocycles. The maximum atomic E-state index is 11.7. The maximum absolute atomic E-state index is 11.7. The number of terminal acetylenes is 1. The normalized spacial score (nSPS) is 11.4. The molecule has 6 heteroatoms. The van der Waals surface area contributed by atoms with Crippen molar-refractivity contribution in [2.75, 3.05) is 26.8 Å². The molecule has 1 atom stereocenters. The Morgan fingerprint density at radius 2 is 2.24 bits per heavy atom. The summed E-state index contributed by atoms with van der Waals surface area (Å²) < 4.78 is 4.81. The van der Waals surface area contributed by atoms with Gasteiger partial charge in [-0.2, -0.15) is 0 Å². The number of aliphatic carboxylic acids is 1. The third-order valence-electron chi connectivity index (χ3n) is 2.09. The quantitative estimate of drug-likeness (QED) is 0.622. The number of nitrogens with one attached hydrogen (secondary N) is 1. The first-order chi connectivity index (χ1) is 8.04. The van der Waals surface area contributed by atoms with E-state index in [0.717, 1.165) is 4.90 Å². The molecule has 0 heterocycles. The van der Waals surface area contributed by atoms with Gasteiger partial charge < -0.3 is 20.1 Å². The third kappa shape index (κ3) is 6.43. The highest BCUT2D eigenvalue weighted by molar-refractivity contribution is 5.80. The van der Waals surface area contributed by atoms with E-state index in [1.165, 1.54) is 7.11 Å². The Morgan fingerprint density at radius 3 is 2.65 bits per heavy atom. The van der Waals surface area contributed by atoms with Crippen LogP contribution in [0.25, 0.3) is 0 Å². The van der Waals surface area contributed by atoms with Crippen LogP contribution in [0, 0.1) is 12.3 Å². The molecule has 0 saturated heterocycles. The van der Waals surface area contributed by atoms with Crippen LogP contribution in [0.3, 0.4) is 0 Å². The van der Waals surface area contributed by atoms with Gasteiger partial charge in [-0.15, -0.1) is 6.42 Å². The predicted molar refractivity (Wildman–Crippen MR) is 62.5 cm³/mol. The first-order valence-corrected chi connectivity index (χ1v) is 5.27. The highest BCUT2D eigenvalue weighted by Crippen LogP contribution is 1.94. The summed E-state index contributed by atoms with van der Waals surface area (Å²) in [6.07, 6.45) is 5.80. The number of carbonyl (C=O) groups excluding carboxylic acids is 1. The van der Waals surface area contributed by atoms with Crippen molar-refractivity contribution in [1.82, 2.24) is 10.2 Å². The topological polar surface area (TPSA) is 78.9 Å². The number of carboxylic acids is 1. The highest BCUT2D eigenvalue weighted by atomic mass is 16.5. The van der Waals surface area contributed by atoms with Crippen molar-refractivity contribution in [3.63, 3.8) is 0 Å². The Bertz CT molecular complexity index is 298. The molecule has 0 bridgehead atoms. The van der Waals surface area contributed by atoms with E-state index < -0.39 is 12.0 Å². The summed E-state index contributed by atoms with van der Waals surface area (Å²) in [7, 11) is 1.48. The van der Waals surface area contributed by atoms with Gasteiger partial charge in [0.05, 0.1) is 12.6 Å². The number of urea groups is 1. The van der Waals surface area contributed by atoms with Crippen LogP contribution in [0.4, 0.5) is 4.79 Å². The van der Waals surface area contributed by atoms with Crippen LogP contribution in [-0.4, -0.2) is 54.9 Å². The number of carbonyl (C=O) groups is 2. The summed E-state index contributed by atoms with van der Waals surface area (Å²) in [6, 6.07) is -0.879. The zero-order chi connectivity index (χ0) is 13.3. The van der Waals surface area contributed by atoms with Gasteiger partial charge in [0.1, 0.15) is 6.54 Å². The molecule has 0 radical (unpaired) electrons. The molecule has 6 nitrogen and oxygen atoms in total. The molecule has 0 aliphatic heterocycles. The van der Waals surface area contributed by atoms with Gasteiger partial charge in [-0.05, 0) is 6.42 Å². The van der Waals surface area contributed by atoms with E-state index in [1.807, 2.05) is 6.92 Å². The van der Waals surface area contributed by atoms with Crippen molar-refractivity contribution in [3.8, 4) is 12.3 Å². The monoisotopic (exact) mass is 242 g/mol. The van der Waals surface area contributed by atoms with Gasteiger partial charge in [-0.1, -0.05) is 12.8 Å². The number of hydrogen-bond acceptors (Lipinski definition) is 3. The molecule has 2 amide bonds. The van der Waals surface area contributed by atoms with Crippen molar-refractivity contribution in [2.24, 2.45) is 0 Å². The largest absolute Gasteiger partial charge is 0.480 e. The second-order valence-electron chi connectivity index (χ2n) is 3.39. The summed E-state index contributed by atoms with van der Waals surface area (Å²) in [5.74, 6) is 1.33. The van der Waals surface area contributed by atoms with Gasteiger partial charge >= 0.3 is 12.0 Å². The molecular formula is C11H18N2O4. The van der Waals surface area contributed by atoms with Crippen molar-refractivity contribution in [2.45, 2.75) is 19.4 Å². The van der Waals surface area contributed by atoms with E-state index in [1.54, 1.807) is 0 Å². The molecule has 17 heavy (non-hydrogen) atoms. The van der Waals surface area contributed by atoms with E-state index in [0.29, 0.717) is 6.42 Å². The second-order valence-corrected chi connectivity index (χ2v) is 3.39. The van der Waals surface area contributed by atoms with Gasteiger partial charge in [-0.25, -0.2) is 4.79 Å². The Labute approximate surface area is 101 Å². The Hall–Kier alpha value is -1.74. The first-order valence-electron chi connectivity index (χ1n) is 5.27. The molecule has 0 spiro atoms. The van der Waals surface area contributed by atoms with Gasteiger partial charge in [0.2, 0.25) is 0 Å². The van der Waals surface area contributed by atoms with Crippen LogP contribution >= 0.6 is 0 Å². The fraction of sp³-hybridized carbons (Fsp3) is 0.636. The maximum Gasteiger partial charge on any atom is 0.323 e. The Kier molecular flexibility index (Phi) is 7.55. The van der Waals surface area contributed by atoms with Crippen molar-refractivity contribution in [3.05, 3.63) is 0 Å². The first kappa shape index (κ1) is 15.3. The molecule has 0 fully saturated rings. The number of rotatable bonds is 7. The molecule has 0 aromatic carbocycles. The lowest BCUT2D eigenvalue weighted by Gasteiger charge is -2.22. The van der Waals surface area contributed by atoms with E-state index in [-0.39, 0.29) is 25.7 Å². The third-order valence-corrected chi connectivity index (χ3v) is 2.09. The summed E-state index contributed by atoms with van der Waals surface area (Å²) >= 11 is 0. The minimum atomic E-state index is -1.08. The highest BCUT2D eigenvalue weighted by Gasteiger charge is 2.18. The van der Waals surface area contributed by atoms with Crippen molar-refractivity contribution < 1.29 is 19.4 Å². The van der Waals surface area contributed by atoms with Gasteiger partial charge in [0.25, 0.3) is 0 Å². The fourth-order valence-corrected chi connectivity index (χ4v) is 1.12. The van der Waals surface area contributed by atoms with Gasteiger partial charge in [0, 0.05) is 13.7 Å². The van der Waals surface area contributed by atoms with E-state index in [4.69, 9.17) is 16.3 Å². The molecule has 0 saturated carbocycles. The SMILES string of the molecule is C#CC(CC)NC(=O)N(CCOC)CC(=O)O. The molecular weight excluding hydrogens is 224 g/mol. The standard InChI is InChI=1S/C11H18N2O4/c1-4-9(5-2)12-11(16)13(6-7-17-3)8-10(14)15/h1,9H,5-8H2,2-3H3,(H,12,16)(H,14,15). The summed E-state index contributed by atoms with van der Waals surface area (Å²) in [5, 5.41) is 11.2.